The standard InChI is InChI=1S/C20H21N2.ClHO4/c1-21(2)18-12-8-16(9-13-18)10-14-19-15-11-17-6-4-5-7-20(17)22(19)3;2-1(3,4)5/h4-15H,1-3H3;(H,2,3,4,5)/q+1;/p-1. The number of halogens is 1. The highest BCUT2D eigenvalue weighted by Gasteiger charge is 2.07. The third-order valence-electron chi connectivity index (χ3n) is 3.98. The van der Waals surface area contributed by atoms with Crippen molar-refractivity contribution in [2.75, 3.05) is 19.0 Å². The summed E-state index contributed by atoms with van der Waals surface area (Å²) < 4.78 is 36.2. The first-order valence-corrected chi connectivity index (χ1v) is 9.33. The van der Waals surface area contributed by atoms with Gasteiger partial charge >= 0.3 is 0 Å². The SMILES string of the molecule is CN(C)c1ccc(C=Cc2ccc3ccccc3[n+]2C)cc1.[O-][Cl+3]([O-])([O-])[O-]. The summed E-state index contributed by atoms with van der Waals surface area (Å²) in [6.45, 7) is 0. The molecule has 0 aliphatic rings. The molecule has 0 bridgehead atoms. The van der Waals surface area contributed by atoms with Crippen molar-refractivity contribution < 1.29 is 33.4 Å². The van der Waals surface area contributed by atoms with Crippen LogP contribution in [0.1, 0.15) is 11.3 Å². The van der Waals surface area contributed by atoms with Crippen LogP contribution in [0.2, 0.25) is 0 Å². The molecular formula is C20H21ClN2O4. The Labute approximate surface area is 160 Å². The first-order chi connectivity index (χ1) is 12.6. The number of benzene rings is 2. The van der Waals surface area contributed by atoms with Crippen LogP contribution in [0.15, 0.2) is 60.7 Å². The number of para-hydroxylation sites is 1. The monoisotopic (exact) mass is 388 g/mol. The lowest BCUT2D eigenvalue weighted by Crippen LogP contribution is -2.68. The zero-order valence-corrected chi connectivity index (χ0v) is 16.1. The zero-order valence-electron chi connectivity index (χ0n) is 15.3. The lowest BCUT2D eigenvalue weighted by Gasteiger charge is -2.17. The van der Waals surface area contributed by atoms with Gasteiger partial charge in [-0.05, 0) is 35.9 Å². The van der Waals surface area contributed by atoms with E-state index in [1.54, 1.807) is 0 Å². The fourth-order valence-electron chi connectivity index (χ4n) is 2.59. The Morgan fingerprint density at radius 1 is 0.815 bits per heavy atom. The number of aryl methyl sites for hydroxylation is 1. The van der Waals surface area contributed by atoms with Crippen LogP contribution in [-0.2, 0) is 7.05 Å². The second-order valence-corrected chi connectivity index (χ2v) is 6.83. The van der Waals surface area contributed by atoms with Crippen LogP contribution in [0.4, 0.5) is 5.69 Å². The number of fused-ring (bicyclic) bond motifs is 1. The van der Waals surface area contributed by atoms with Crippen LogP contribution in [0.25, 0.3) is 23.1 Å². The highest BCUT2D eigenvalue weighted by Crippen LogP contribution is 2.15. The van der Waals surface area contributed by atoms with Gasteiger partial charge < -0.3 is 4.90 Å². The minimum absolute atomic E-state index is 1.19. The predicted molar refractivity (Wildman–Crippen MR) is 94.8 cm³/mol. The molecule has 1 aromatic heterocycles. The summed E-state index contributed by atoms with van der Waals surface area (Å²) in [5, 5.41) is 1.26. The number of anilines is 1. The van der Waals surface area contributed by atoms with Gasteiger partial charge in [-0.15, -0.1) is 10.2 Å². The molecule has 0 atom stereocenters. The smallest absolute Gasteiger partial charge is 0.212 e. The molecule has 0 aliphatic carbocycles. The molecule has 0 amide bonds. The highest BCUT2D eigenvalue weighted by atomic mass is 35.7. The molecule has 142 valence electrons. The van der Waals surface area contributed by atoms with Gasteiger partial charge in [-0.1, -0.05) is 24.3 Å². The number of rotatable bonds is 3. The predicted octanol–water partition coefficient (Wildman–Crippen LogP) is -0.855. The highest BCUT2D eigenvalue weighted by molar-refractivity contribution is 5.77. The Hall–Kier alpha value is -2.48. The minimum atomic E-state index is -4.94. The van der Waals surface area contributed by atoms with Crippen LogP contribution < -0.4 is 28.1 Å². The summed E-state index contributed by atoms with van der Waals surface area (Å²) >= 11 is 0. The fourth-order valence-corrected chi connectivity index (χ4v) is 2.59. The fraction of sp³-hybridized carbons (Fsp3) is 0.150. The Morgan fingerprint density at radius 2 is 1.41 bits per heavy atom. The molecule has 3 aromatic rings. The molecule has 1 heterocycles. The van der Waals surface area contributed by atoms with Gasteiger partial charge in [0.25, 0.3) is 0 Å². The maximum absolute atomic E-state index is 8.49. The molecule has 0 saturated heterocycles. The summed E-state index contributed by atoms with van der Waals surface area (Å²) in [4.78, 5) is 2.11. The van der Waals surface area contributed by atoms with E-state index in [1.807, 2.05) is 0 Å². The van der Waals surface area contributed by atoms with Gasteiger partial charge in [-0.25, -0.2) is 18.6 Å². The van der Waals surface area contributed by atoms with Gasteiger partial charge in [0, 0.05) is 43.4 Å². The quantitative estimate of drug-likeness (QED) is 0.544. The average Bonchev–Trinajstić information content (AvgIpc) is 2.60. The van der Waals surface area contributed by atoms with E-state index in [9.17, 15) is 0 Å². The maximum Gasteiger partial charge on any atom is 0.212 e. The van der Waals surface area contributed by atoms with E-state index in [2.05, 4.69) is 103 Å². The van der Waals surface area contributed by atoms with Gasteiger partial charge in [0.15, 0.2) is 0 Å². The molecule has 0 radical (unpaired) electrons. The van der Waals surface area contributed by atoms with Crippen molar-refractivity contribution in [2.24, 2.45) is 7.05 Å². The first-order valence-electron chi connectivity index (χ1n) is 8.10. The van der Waals surface area contributed by atoms with Crippen LogP contribution in [-0.4, -0.2) is 14.1 Å². The van der Waals surface area contributed by atoms with Crippen molar-refractivity contribution in [3.63, 3.8) is 0 Å². The third-order valence-corrected chi connectivity index (χ3v) is 3.98. The second-order valence-electron chi connectivity index (χ2n) is 6.07. The van der Waals surface area contributed by atoms with Crippen LogP contribution in [0.5, 0.6) is 0 Å². The van der Waals surface area contributed by atoms with Crippen molar-refractivity contribution in [1.29, 1.82) is 0 Å². The van der Waals surface area contributed by atoms with Crippen LogP contribution >= 0.6 is 0 Å². The molecule has 27 heavy (non-hydrogen) atoms. The topological polar surface area (TPSA) is 99.4 Å². The summed E-state index contributed by atoms with van der Waals surface area (Å²) in [5.41, 5.74) is 4.86. The Bertz CT molecular complexity index is 913. The van der Waals surface area contributed by atoms with Crippen LogP contribution in [0.3, 0.4) is 0 Å². The van der Waals surface area contributed by atoms with E-state index in [4.69, 9.17) is 18.6 Å². The lowest BCUT2D eigenvalue weighted by atomic mass is 10.1. The van der Waals surface area contributed by atoms with Gasteiger partial charge in [0.1, 0.15) is 7.05 Å². The largest absolute Gasteiger partial charge is 0.378 e. The van der Waals surface area contributed by atoms with Crippen molar-refractivity contribution in [1.82, 2.24) is 0 Å². The second kappa shape index (κ2) is 8.94. The van der Waals surface area contributed by atoms with Gasteiger partial charge in [-0.3, -0.25) is 0 Å². The third kappa shape index (κ3) is 6.63. The minimum Gasteiger partial charge on any atom is -0.378 e. The van der Waals surface area contributed by atoms with Gasteiger partial charge in [0.2, 0.25) is 11.2 Å². The van der Waals surface area contributed by atoms with Crippen molar-refractivity contribution >= 4 is 28.7 Å². The molecule has 0 aliphatic heterocycles. The molecular weight excluding hydrogens is 368 g/mol. The average molecular weight is 389 g/mol. The Balaban J connectivity index is 0.000000465. The van der Waals surface area contributed by atoms with E-state index in [0.717, 1.165) is 0 Å². The summed E-state index contributed by atoms with van der Waals surface area (Å²) in [6, 6.07) is 21.3. The number of pyridine rings is 1. The zero-order chi connectivity index (χ0) is 20.0. The van der Waals surface area contributed by atoms with E-state index in [-0.39, 0.29) is 0 Å². The number of hydrogen-bond donors (Lipinski definition) is 0. The van der Waals surface area contributed by atoms with Crippen LogP contribution in [0, 0.1) is 10.2 Å². The van der Waals surface area contributed by atoms with E-state index in [1.165, 1.54) is 27.8 Å². The maximum atomic E-state index is 8.49. The van der Waals surface area contributed by atoms with Gasteiger partial charge in [0.05, 0.1) is 0 Å². The molecule has 0 N–H and O–H groups in total. The molecule has 6 nitrogen and oxygen atoms in total. The molecule has 0 saturated carbocycles. The van der Waals surface area contributed by atoms with Gasteiger partial charge in [-0.2, -0.15) is 4.57 Å². The first kappa shape index (κ1) is 20.8. The molecule has 0 spiro atoms. The molecule has 3 rings (SSSR count). The molecule has 7 heteroatoms. The van der Waals surface area contributed by atoms with E-state index >= 15 is 0 Å². The summed E-state index contributed by atoms with van der Waals surface area (Å²) in [7, 11) is 1.27. The number of hydrogen-bond acceptors (Lipinski definition) is 5. The molecule has 0 unspecified atom stereocenters. The molecule has 2 aromatic carbocycles. The van der Waals surface area contributed by atoms with Crippen molar-refractivity contribution in [3.8, 4) is 0 Å². The summed E-state index contributed by atoms with van der Waals surface area (Å²) in [5.74, 6) is 0. The van der Waals surface area contributed by atoms with E-state index < -0.39 is 10.2 Å². The van der Waals surface area contributed by atoms with Crippen molar-refractivity contribution in [3.05, 3.63) is 71.9 Å². The number of aromatic nitrogens is 1. The van der Waals surface area contributed by atoms with E-state index in [0.29, 0.717) is 0 Å². The normalized spacial score (nSPS) is 11.4. The Morgan fingerprint density at radius 3 is 2.00 bits per heavy atom. The molecule has 0 fully saturated rings. The van der Waals surface area contributed by atoms with Crippen molar-refractivity contribution in [2.45, 2.75) is 0 Å². The summed E-state index contributed by atoms with van der Waals surface area (Å²) in [6.07, 6.45) is 4.32. The Kier molecular flexibility index (Phi) is 6.90. The number of nitrogens with zero attached hydrogens (tertiary/aromatic N) is 2. The lowest BCUT2D eigenvalue weighted by molar-refractivity contribution is -2.00.